The van der Waals surface area contributed by atoms with Crippen molar-refractivity contribution in [2.45, 2.75) is 25.8 Å². The van der Waals surface area contributed by atoms with Gasteiger partial charge in [-0.25, -0.2) is 0 Å². The molecule has 1 fully saturated rings. The van der Waals surface area contributed by atoms with Crippen LogP contribution in [0.5, 0.6) is 0 Å². The fourth-order valence-electron chi connectivity index (χ4n) is 2.11. The van der Waals surface area contributed by atoms with Gasteiger partial charge in [-0.3, -0.25) is 4.90 Å². The Hall–Kier alpha value is -1.34. The lowest BCUT2D eigenvalue weighted by Crippen LogP contribution is -2.23. The highest BCUT2D eigenvalue weighted by molar-refractivity contribution is 5.37. The number of benzene rings is 1. The third-order valence-electron chi connectivity index (χ3n) is 3.52. The van der Waals surface area contributed by atoms with Gasteiger partial charge in [-0.15, -0.1) is 0 Å². The predicted molar refractivity (Wildman–Crippen MR) is 84.9 cm³/mol. The highest BCUT2D eigenvalue weighted by Crippen LogP contribution is 2.28. The number of nitrogens with zero attached hydrogens (tertiary/aromatic N) is 1. The standard InChI is InChI=1S/C18H25NO2/c1-19(10-12-21-15-17-8-9-17)14-18-7-4-6-16(13-18)5-2-3-11-20/h4,6-7,13,17,20H,3,8-12,14-15H2,1H3. The molecule has 1 aliphatic rings. The normalized spacial score (nSPS) is 14.0. The molecule has 2 rings (SSSR count). The van der Waals surface area contributed by atoms with Gasteiger partial charge in [0.1, 0.15) is 0 Å². The molecular formula is C18H25NO2. The minimum Gasteiger partial charge on any atom is -0.395 e. The summed E-state index contributed by atoms with van der Waals surface area (Å²) in [5.41, 5.74) is 2.27. The number of aliphatic hydroxyl groups is 1. The molecule has 0 bridgehead atoms. The topological polar surface area (TPSA) is 32.7 Å². The summed E-state index contributed by atoms with van der Waals surface area (Å²) < 4.78 is 5.67. The summed E-state index contributed by atoms with van der Waals surface area (Å²) in [6, 6.07) is 8.28. The van der Waals surface area contributed by atoms with Crippen LogP contribution < -0.4 is 0 Å². The van der Waals surface area contributed by atoms with Gasteiger partial charge in [-0.05, 0) is 43.5 Å². The average Bonchev–Trinajstić information content (AvgIpc) is 3.29. The van der Waals surface area contributed by atoms with E-state index in [-0.39, 0.29) is 6.61 Å². The van der Waals surface area contributed by atoms with Crippen molar-refractivity contribution in [2.24, 2.45) is 5.92 Å². The number of likely N-dealkylation sites (N-methyl/N-ethyl adjacent to an activating group) is 1. The lowest BCUT2D eigenvalue weighted by atomic mass is 10.1. The van der Waals surface area contributed by atoms with E-state index in [1.807, 2.05) is 12.1 Å². The fourth-order valence-corrected chi connectivity index (χ4v) is 2.11. The van der Waals surface area contributed by atoms with E-state index >= 15 is 0 Å². The molecule has 0 aromatic heterocycles. The van der Waals surface area contributed by atoms with Crippen molar-refractivity contribution >= 4 is 0 Å². The number of ether oxygens (including phenoxy) is 1. The molecule has 1 aliphatic carbocycles. The van der Waals surface area contributed by atoms with Crippen molar-refractivity contribution in [1.29, 1.82) is 0 Å². The molecule has 3 heteroatoms. The number of aliphatic hydroxyl groups excluding tert-OH is 1. The molecule has 114 valence electrons. The maximum atomic E-state index is 8.74. The van der Waals surface area contributed by atoms with Gasteiger partial charge in [0, 0.05) is 31.7 Å². The number of hydrogen-bond donors (Lipinski definition) is 1. The smallest absolute Gasteiger partial charge is 0.0593 e. The Balaban J connectivity index is 1.72. The van der Waals surface area contributed by atoms with Crippen LogP contribution in [0, 0.1) is 17.8 Å². The van der Waals surface area contributed by atoms with E-state index in [1.165, 1.54) is 18.4 Å². The Morgan fingerprint density at radius 1 is 1.38 bits per heavy atom. The molecule has 3 nitrogen and oxygen atoms in total. The van der Waals surface area contributed by atoms with E-state index in [2.05, 4.69) is 35.9 Å². The van der Waals surface area contributed by atoms with Gasteiger partial charge in [-0.1, -0.05) is 24.0 Å². The van der Waals surface area contributed by atoms with E-state index in [0.29, 0.717) is 6.42 Å². The third-order valence-corrected chi connectivity index (χ3v) is 3.52. The van der Waals surface area contributed by atoms with Crippen molar-refractivity contribution in [3.8, 4) is 11.8 Å². The molecule has 0 radical (unpaired) electrons. The van der Waals surface area contributed by atoms with Crippen molar-refractivity contribution in [2.75, 3.05) is 33.4 Å². The molecule has 0 heterocycles. The Morgan fingerprint density at radius 2 is 2.24 bits per heavy atom. The largest absolute Gasteiger partial charge is 0.395 e. The SMILES string of the molecule is CN(CCOCC1CC1)Cc1cccc(C#CCCO)c1. The second-order valence-electron chi connectivity index (χ2n) is 5.73. The quantitative estimate of drug-likeness (QED) is 0.588. The van der Waals surface area contributed by atoms with Crippen molar-refractivity contribution in [1.82, 2.24) is 4.90 Å². The van der Waals surface area contributed by atoms with Crippen LogP contribution in [-0.2, 0) is 11.3 Å². The monoisotopic (exact) mass is 287 g/mol. The van der Waals surface area contributed by atoms with Crippen LogP contribution in [0.25, 0.3) is 0 Å². The molecule has 1 N–H and O–H groups in total. The zero-order valence-electron chi connectivity index (χ0n) is 12.8. The van der Waals surface area contributed by atoms with Gasteiger partial charge in [0.15, 0.2) is 0 Å². The van der Waals surface area contributed by atoms with Gasteiger partial charge in [0.25, 0.3) is 0 Å². The van der Waals surface area contributed by atoms with Gasteiger partial charge in [-0.2, -0.15) is 0 Å². The molecule has 1 saturated carbocycles. The lowest BCUT2D eigenvalue weighted by Gasteiger charge is -2.16. The molecule has 0 aliphatic heterocycles. The molecule has 0 unspecified atom stereocenters. The van der Waals surface area contributed by atoms with Crippen molar-refractivity contribution in [3.63, 3.8) is 0 Å². The fraction of sp³-hybridized carbons (Fsp3) is 0.556. The predicted octanol–water partition coefficient (Wildman–Crippen LogP) is 2.28. The van der Waals surface area contributed by atoms with Crippen molar-refractivity contribution < 1.29 is 9.84 Å². The molecule has 0 atom stereocenters. The minimum atomic E-state index is 0.121. The Bertz CT molecular complexity index is 485. The third kappa shape index (κ3) is 6.77. The summed E-state index contributed by atoms with van der Waals surface area (Å²) in [4.78, 5) is 2.27. The zero-order valence-corrected chi connectivity index (χ0v) is 12.8. The van der Waals surface area contributed by atoms with Crippen LogP contribution in [-0.4, -0.2) is 43.4 Å². The van der Waals surface area contributed by atoms with Crippen LogP contribution in [0.1, 0.15) is 30.4 Å². The second-order valence-corrected chi connectivity index (χ2v) is 5.73. The van der Waals surface area contributed by atoms with Gasteiger partial charge >= 0.3 is 0 Å². The van der Waals surface area contributed by atoms with Crippen molar-refractivity contribution in [3.05, 3.63) is 35.4 Å². The lowest BCUT2D eigenvalue weighted by molar-refractivity contribution is 0.102. The molecule has 0 saturated heterocycles. The number of hydrogen-bond acceptors (Lipinski definition) is 3. The molecular weight excluding hydrogens is 262 g/mol. The van der Waals surface area contributed by atoms with Gasteiger partial charge < -0.3 is 9.84 Å². The Labute approximate surface area is 127 Å². The molecule has 21 heavy (non-hydrogen) atoms. The van der Waals surface area contributed by atoms with Crippen LogP contribution in [0.3, 0.4) is 0 Å². The average molecular weight is 287 g/mol. The Morgan fingerprint density at radius 3 is 3.00 bits per heavy atom. The molecule has 1 aromatic rings. The minimum absolute atomic E-state index is 0.121. The molecule has 0 amide bonds. The van der Waals surface area contributed by atoms with Crippen LogP contribution in [0.2, 0.25) is 0 Å². The summed E-state index contributed by atoms with van der Waals surface area (Å²) in [5, 5.41) is 8.74. The second kappa shape index (κ2) is 8.84. The maximum absolute atomic E-state index is 8.74. The van der Waals surface area contributed by atoms with Crippen LogP contribution in [0.15, 0.2) is 24.3 Å². The zero-order chi connectivity index (χ0) is 14.9. The first-order valence-corrected chi connectivity index (χ1v) is 7.73. The summed E-state index contributed by atoms with van der Waals surface area (Å²) in [7, 11) is 2.12. The summed E-state index contributed by atoms with van der Waals surface area (Å²) >= 11 is 0. The molecule has 0 spiro atoms. The molecule has 1 aromatic carbocycles. The van der Waals surface area contributed by atoms with E-state index in [4.69, 9.17) is 9.84 Å². The Kier molecular flexibility index (Phi) is 6.75. The first-order valence-electron chi connectivity index (χ1n) is 7.73. The van der Waals surface area contributed by atoms with E-state index in [0.717, 1.165) is 37.8 Å². The summed E-state index contributed by atoms with van der Waals surface area (Å²) in [5.74, 6) is 6.87. The summed E-state index contributed by atoms with van der Waals surface area (Å²) in [6.07, 6.45) is 3.22. The first kappa shape index (κ1) is 16.0. The first-order chi connectivity index (χ1) is 10.3. The van der Waals surface area contributed by atoms with E-state index in [1.54, 1.807) is 0 Å². The van der Waals surface area contributed by atoms with Gasteiger partial charge in [0.05, 0.1) is 13.2 Å². The highest BCUT2D eigenvalue weighted by Gasteiger charge is 2.20. The maximum Gasteiger partial charge on any atom is 0.0593 e. The van der Waals surface area contributed by atoms with E-state index < -0.39 is 0 Å². The number of rotatable bonds is 8. The van der Waals surface area contributed by atoms with Gasteiger partial charge in [0.2, 0.25) is 0 Å². The van der Waals surface area contributed by atoms with E-state index in [9.17, 15) is 0 Å². The van der Waals surface area contributed by atoms with Crippen LogP contribution >= 0.6 is 0 Å². The highest BCUT2D eigenvalue weighted by atomic mass is 16.5. The summed E-state index contributed by atoms with van der Waals surface area (Å²) in [6.45, 7) is 3.72. The van der Waals surface area contributed by atoms with Crippen LogP contribution in [0.4, 0.5) is 0 Å².